The highest BCUT2D eigenvalue weighted by molar-refractivity contribution is 6.00. The number of Topliss-reactive ketones (excluding diaryl/α,β-unsaturated/α-hetero) is 1. The Kier molecular flexibility index (Phi) is 9.40. The molecule has 0 saturated heterocycles. The first kappa shape index (κ1) is 39.8. The van der Waals surface area contributed by atoms with Crippen molar-refractivity contribution in [2.45, 2.75) is 145 Å². The molecule has 0 aliphatic heterocycles. The van der Waals surface area contributed by atoms with Crippen LogP contribution in [0.1, 0.15) is 132 Å². The molecule has 4 N–H and O–H groups in total. The molecule has 0 bridgehead atoms. The number of H-pyrrole nitrogens is 1. The second kappa shape index (κ2) is 13.2. The smallest absolute Gasteiger partial charge is 0.309 e. The number of nitrogens with zero attached hydrogens (tertiary/aromatic N) is 1. The molecule has 0 amide bonds. The Morgan fingerprint density at radius 2 is 1.68 bits per heavy atom. The van der Waals surface area contributed by atoms with E-state index in [1.807, 2.05) is 19.9 Å². The SMILES string of the molecule is CC(C)C1=C2[C@H]3CC[C@@H]4[C@@]5(C)CC[C@H](OC(=O)[C@H]6C[C@@H](C(=O)O)C6(C)C)C(C)(C)[C@@H]5CC[C@@]4(C)[C@]3(C)CC[C@@]2([C@@H](O)CNCc2ccc3nc[nH]c3c2)CC1=O. The van der Waals surface area contributed by atoms with Gasteiger partial charge in [-0.05, 0) is 126 Å². The lowest BCUT2D eigenvalue weighted by Gasteiger charge is -2.72. The lowest BCUT2D eigenvalue weighted by atomic mass is 9.33. The Morgan fingerprint density at radius 1 is 0.929 bits per heavy atom. The molecular weight excluding hydrogens is 703 g/mol. The molecule has 9 nitrogen and oxygen atoms in total. The van der Waals surface area contributed by atoms with Gasteiger partial charge in [-0.15, -0.1) is 0 Å². The van der Waals surface area contributed by atoms with Crippen LogP contribution in [0.4, 0.5) is 0 Å². The highest BCUT2D eigenvalue weighted by Gasteiger charge is 2.71. The quantitative estimate of drug-likeness (QED) is 0.186. The molecule has 1 heterocycles. The number of aliphatic hydroxyl groups excluding tert-OH is 1. The van der Waals surface area contributed by atoms with Crippen LogP contribution in [0.2, 0.25) is 0 Å². The van der Waals surface area contributed by atoms with E-state index in [9.17, 15) is 24.6 Å². The van der Waals surface area contributed by atoms with Crippen LogP contribution < -0.4 is 5.32 Å². The highest BCUT2D eigenvalue weighted by atomic mass is 16.5. The number of hydrogen-bond acceptors (Lipinski definition) is 7. The number of carbonyl (C=O) groups is 3. The van der Waals surface area contributed by atoms with E-state index in [-0.39, 0.29) is 57.3 Å². The van der Waals surface area contributed by atoms with E-state index < -0.39 is 28.8 Å². The number of allylic oxidation sites excluding steroid dienone is 1. The molecule has 6 aliphatic rings. The van der Waals surface area contributed by atoms with Crippen LogP contribution in [0.15, 0.2) is 35.7 Å². The molecule has 8 rings (SSSR count). The Morgan fingerprint density at radius 3 is 2.38 bits per heavy atom. The van der Waals surface area contributed by atoms with Gasteiger partial charge < -0.3 is 25.3 Å². The fourth-order valence-corrected chi connectivity index (χ4v) is 14.9. The van der Waals surface area contributed by atoms with E-state index in [1.54, 1.807) is 6.33 Å². The molecule has 5 fully saturated rings. The van der Waals surface area contributed by atoms with Gasteiger partial charge in [0.15, 0.2) is 5.78 Å². The summed E-state index contributed by atoms with van der Waals surface area (Å²) in [5, 5.41) is 25.5. The molecule has 11 atom stereocenters. The van der Waals surface area contributed by atoms with Crippen molar-refractivity contribution in [3.05, 3.63) is 41.2 Å². The Bertz CT molecular complexity index is 1960. The van der Waals surface area contributed by atoms with Crippen molar-refractivity contribution in [3.63, 3.8) is 0 Å². The second-order valence-electron chi connectivity index (χ2n) is 21.5. The maximum absolute atomic E-state index is 14.1. The number of fused-ring (bicyclic) bond motifs is 8. The lowest BCUT2D eigenvalue weighted by molar-refractivity contribution is -0.238. The number of carbonyl (C=O) groups excluding carboxylic acids is 2. The number of ketones is 1. The predicted octanol–water partition coefficient (Wildman–Crippen LogP) is 8.65. The van der Waals surface area contributed by atoms with E-state index >= 15 is 0 Å². The van der Waals surface area contributed by atoms with Gasteiger partial charge in [-0.25, -0.2) is 4.98 Å². The normalized spacial score (nSPS) is 40.3. The summed E-state index contributed by atoms with van der Waals surface area (Å²) in [6, 6.07) is 6.21. The lowest BCUT2D eigenvalue weighted by Crippen LogP contribution is -2.66. The van der Waals surface area contributed by atoms with Crippen molar-refractivity contribution in [2.75, 3.05) is 6.54 Å². The van der Waals surface area contributed by atoms with Gasteiger partial charge in [0.25, 0.3) is 0 Å². The monoisotopic (exact) mass is 770 g/mol. The Labute approximate surface area is 333 Å². The maximum Gasteiger partial charge on any atom is 0.309 e. The number of imidazole rings is 1. The predicted molar refractivity (Wildman–Crippen MR) is 216 cm³/mol. The largest absolute Gasteiger partial charge is 0.481 e. The van der Waals surface area contributed by atoms with E-state index in [0.29, 0.717) is 37.8 Å². The number of benzene rings is 1. The number of aromatic nitrogens is 2. The van der Waals surface area contributed by atoms with Gasteiger partial charge in [0.1, 0.15) is 6.10 Å². The van der Waals surface area contributed by atoms with Crippen LogP contribution in [-0.4, -0.2) is 56.7 Å². The van der Waals surface area contributed by atoms with Crippen molar-refractivity contribution >= 4 is 28.8 Å². The molecule has 56 heavy (non-hydrogen) atoms. The van der Waals surface area contributed by atoms with E-state index in [2.05, 4.69) is 75.9 Å². The minimum absolute atomic E-state index is 0.00985. The molecule has 306 valence electrons. The minimum atomic E-state index is -0.828. The third-order valence-electron chi connectivity index (χ3n) is 18.3. The average molecular weight is 770 g/mol. The van der Waals surface area contributed by atoms with E-state index in [4.69, 9.17) is 4.74 Å². The van der Waals surface area contributed by atoms with Crippen molar-refractivity contribution in [1.29, 1.82) is 0 Å². The van der Waals surface area contributed by atoms with Crippen LogP contribution in [-0.2, 0) is 25.7 Å². The minimum Gasteiger partial charge on any atom is -0.481 e. The first-order valence-electron chi connectivity index (χ1n) is 21.7. The number of hydrogen-bond donors (Lipinski definition) is 4. The van der Waals surface area contributed by atoms with Crippen molar-refractivity contribution in [3.8, 4) is 0 Å². The van der Waals surface area contributed by atoms with Crippen LogP contribution in [0.25, 0.3) is 11.0 Å². The number of ether oxygens (including phenoxy) is 1. The number of aliphatic hydroxyl groups is 1. The molecule has 0 unspecified atom stereocenters. The van der Waals surface area contributed by atoms with Crippen molar-refractivity contribution in [1.82, 2.24) is 15.3 Å². The van der Waals surface area contributed by atoms with Gasteiger partial charge in [0.05, 0.1) is 35.3 Å². The number of aromatic amines is 1. The summed E-state index contributed by atoms with van der Waals surface area (Å²) >= 11 is 0. The van der Waals surface area contributed by atoms with Gasteiger partial charge in [-0.3, -0.25) is 14.4 Å². The number of nitrogens with one attached hydrogen (secondary N) is 2. The third-order valence-corrected chi connectivity index (χ3v) is 18.3. The number of rotatable bonds is 9. The number of carboxylic acid groups (broad SMARTS) is 1. The molecule has 1 aromatic heterocycles. The molecule has 1 aromatic carbocycles. The van der Waals surface area contributed by atoms with E-state index in [1.165, 1.54) is 5.57 Å². The summed E-state index contributed by atoms with van der Waals surface area (Å²) in [5.41, 5.74) is 4.14. The molecule has 9 heteroatoms. The molecule has 2 aromatic rings. The first-order valence-corrected chi connectivity index (χ1v) is 21.7. The highest BCUT2D eigenvalue weighted by Crippen LogP contribution is 2.77. The second-order valence-corrected chi connectivity index (χ2v) is 21.5. The summed E-state index contributed by atoms with van der Waals surface area (Å²) in [7, 11) is 0. The fourth-order valence-electron chi connectivity index (χ4n) is 14.9. The van der Waals surface area contributed by atoms with Gasteiger partial charge >= 0.3 is 11.9 Å². The maximum atomic E-state index is 14.1. The zero-order valence-electron chi connectivity index (χ0n) is 35.4. The van der Waals surface area contributed by atoms with Gasteiger partial charge in [0.2, 0.25) is 0 Å². The molecule has 0 radical (unpaired) electrons. The summed E-state index contributed by atoms with van der Waals surface area (Å²) in [5.74, 6) is -0.440. The molecular formula is C47H67N3O6. The Balaban J connectivity index is 1.03. The summed E-state index contributed by atoms with van der Waals surface area (Å²) in [4.78, 5) is 47.1. The average Bonchev–Trinajstić information content (AvgIpc) is 3.71. The van der Waals surface area contributed by atoms with Crippen LogP contribution in [0.5, 0.6) is 0 Å². The van der Waals surface area contributed by atoms with E-state index in [0.717, 1.165) is 73.5 Å². The molecule has 6 aliphatic carbocycles. The van der Waals surface area contributed by atoms with Gasteiger partial charge in [-0.1, -0.05) is 74.0 Å². The van der Waals surface area contributed by atoms with Crippen molar-refractivity contribution < 1.29 is 29.3 Å². The Hall–Kier alpha value is -3.04. The summed E-state index contributed by atoms with van der Waals surface area (Å²) in [6.45, 7) is 21.5. The van der Waals surface area contributed by atoms with Gasteiger partial charge in [0, 0.05) is 30.3 Å². The number of esters is 1. The summed E-state index contributed by atoms with van der Waals surface area (Å²) < 4.78 is 6.42. The zero-order valence-corrected chi connectivity index (χ0v) is 35.4. The fraction of sp³-hybridized carbons (Fsp3) is 0.745. The number of carboxylic acids is 1. The summed E-state index contributed by atoms with van der Waals surface area (Å²) in [6.07, 6.45) is 9.58. The van der Waals surface area contributed by atoms with Crippen LogP contribution >= 0.6 is 0 Å². The van der Waals surface area contributed by atoms with Crippen molar-refractivity contribution in [2.24, 2.45) is 68.0 Å². The number of aliphatic carboxylic acids is 1. The standard InChI is InChI=1S/C47H67N3O6/c1-26(2)38-33(51)22-47(36(52)24-48-23-27-10-12-31-32(20-27)50-25-49-31)19-18-45(8)28(39(38)47)11-13-35-44(7)16-15-37(43(5,6)34(44)14-17-46(35,45)9)56-41(55)30-21-29(40(53)54)42(30,3)4/h10,12,20,25-26,28-30,34-37,48,52H,11,13-19,21-24H2,1-9H3,(H,49,50)(H,53,54)/t28-,29+,30-,34+,35-,36+,37+,44+,45-,46-,47+/m1/s1. The molecule has 0 spiro atoms. The first-order chi connectivity index (χ1) is 26.2. The topological polar surface area (TPSA) is 142 Å². The zero-order chi connectivity index (χ0) is 40.4. The van der Waals surface area contributed by atoms with Crippen LogP contribution in [0.3, 0.4) is 0 Å². The molecule has 5 saturated carbocycles. The third kappa shape index (κ3) is 5.51. The van der Waals surface area contributed by atoms with Crippen LogP contribution in [0, 0.1) is 68.0 Å². The van der Waals surface area contributed by atoms with Gasteiger partial charge in [-0.2, -0.15) is 0 Å².